The second kappa shape index (κ2) is 10.7. The van der Waals surface area contributed by atoms with Gasteiger partial charge in [-0.3, -0.25) is 19.3 Å². The van der Waals surface area contributed by atoms with E-state index >= 15 is 0 Å². The highest BCUT2D eigenvalue weighted by atomic mass is 16.5. The summed E-state index contributed by atoms with van der Waals surface area (Å²) in [5, 5.41) is 2.56. The van der Waals surface area contributed by atoms with Gasteiger partial charge in [-0.15, -0.1) is 0 Å². The molecule has 0 saturated heterocycles. The number of benzene rings is 2. The van der Waals surface area contributed by atoms with Gasteiger partial charge in [0.15, 0.2) is 6.61 Å². The number of carbonyl (C=O) groups is 5. The van der Waals surface area contributed by atoms with E-state index < -0.39 is 36.3 Å². The van der Waals surface area contributed by atoms with Crippen molar-refractivity contribution < 1.29 is 37.9 Å². The van der Waals surface area contributed by atoms with Crippen molar-refractivity contribution in [3.8, 4) is 0 Å². The SMILES string of the molecule is CCCOC(=O)c1ccc(NC(=O)COC(=O)c2ccc3c(c2)C(=O)N(Cc2ccco2)C3=O)cc1. The predicted molar refractivity (Wildman–Crippen MR) is 125 cm³/mol. The highest BCUT2D eigenvalue weighted by molar-refractivity contribution is 6.21. The number of nitrogens with one attached hydrogen (secondary N) is 1. The summed E-state index contributed by atoms with van der Waals surface area (Å²) in [6.07, 6.45) is 2.15. The molecule has 0 atom stereocenters. The molecule has 1 N–H and O–H groups in total. The second-order valence-corrected chi connectivity index (χ2v) is 7.87. The molecule has 1 aromatic heterocycles. The van der Waals surface area contributed by atoms with Crippen LogP contribution in [0.2, 0.25) is 0 Å². The molecule has 0 fully saturated rings. The molecular weight excluding hydrogens is 468 g/mol. The molecule has 4 rings (SSSR count). The van der Waals surface area contributed by atoms with Crippen LogP contribution in [0.4, 0.5) is 5.69 Å². The van der Waals surface area contributed by atoms with Crippen LogP contribution in [-0.2, 0) is 20.8 Å². The number of esters is 2. The van der Waals surface area contributed by atoms with E-state index in [0.717, 1.165) is 4.90 Å². The first-order chi connectivity index (χ1) is 17.4. The van der Waals surface area contributed by atoms with Gasteiger partial charge >= 0.3 is 11.9 Å². The summed E-state index contributed by atoms with van der Waals surface area (Å²) in [6, 6.07) is 13.4. The number of hydrogen-bond donors (Lipinski definition) is 1. The Hall–Kier alpha value is -4.73. The molecule has 2 aromatic carbocycles. The summed E-state index contributed by atoms with van der Waals surface area (Å²) in [6.45, 7) is 1.61. The van der Waals surface area contributed by atoms with Crippen molar-refractivity contribution in [2.45, 2.75) is 19.9 Å². The van der Waals surface area contributed by atoms with Gasteiger partial charge in [-0.05, 0) is 61.0 Å². The third-order valence-corrected chi connectivity index (χ3v) is 5.28. The van der Waals surface area contributed by atoms with Crippen LogP contribution in [0.1, 0.15) is 60.5 Å². The van der Waals surface area contributed by atoms with E-state index in [1.807, 2.05) is 6.92 Å². The molecule has 0 unspecified atom stereocenters. The van der Waals surface area contributed by atoms with Crippen LogP contribution in [0.25, 0.3) is 0 Å². The zero-order chi connectivity index (χ0) is 25.7. The molecule has 0 saturated carbocycles. The second-order valence-electron chi connectivity index (χ2n) is 7.87. The average Bonchev–Trinajstić information content (AvgIpc) is 3.49. The first kappa shape index (κ1) is 24.4. The minimum Gasteiger partial charge on any atom is -0.467 e. The average molecular weight is 490 g/mol. The Morgan fingerprint density at radius 2 is 1.58 bits per heavy atom. The molecule has 0 bridgehead atoms. The number of ether oxygens (including phenoxy) is 2. The van der Waals surface area contributed by atoms with Gasteiger partial charge in [-0.25, -0.2) is 9.59 Å². The molecule has 10 heteroatoms. The molecule has 1 aliphatic rings. The van der Waals surface area contributed by atoms with Gasteiger partial charge in [0.25, 0.3) is 17.7 Å². The van der Waals surface area contributed by atoms with Crippen molar-refractivity contribution >= 4 is 35.3 Å². The van der Waals surface area contributed by atoms with Crippen LogP contribution < -0.4 is 5.32 Å². The summed E-state index contributed by atoms with van der Waals surface area (Å²) in [4.78, 5) is 62.8. The zero-order valence-corrected chi connectivity index (χ0v) is 19.3. The number of imide groups is 1. The van der Waals surface area contributed by atoms with Gasteiger partial charge in [0.2, 0.25) is 0 Å². The monoisotopic (exact) mass is 490 g/mol. The summed E-state index contributed by atoms with van der Waals surface area (Å²) < 4.78 is 15.3. The molecular formula is C26H22N2O8. The maximum Gasteiger partial charge on any atom is 0.338 e. The molecule has 10 nitrogen and oxygen atoms in total. The number of rotatable bonds is 9. The van der Waals surface area contributed by atoms with Crippen molar-refractivity contribution in [2.24, 2.45) is 0 Å². The van der Waals surface area contributed by atoms with E-state index in [0.29, 0.717) is 30.0 Å². The maximum atomic E-state index is 12.7. The van der Waals surface area contributed by atoms with Gasteiger partial charge in [0, 0.05) is 5.69 Å². The lowest BCUT2D eigenvalue weighted by atomic mass is 10.1. The van der Waals surface area contributed by atoms with Crippen LogP contribution in [-0.4, -0.2) is 47.8 Å². The number of amides is 3. The number of carbonyl (C=O) groups excluding carboxylic acids is 5. The zero-order valence-electron chi connectivity index (χ0n) is 19.3. The number of fused-ring (bicyclic) bond motifs is 1. The van der Waals surface area contributed by atoms with E-state index in [2.05, 4.69) is 5.32 Å². The third-order valence-electron chi connectivity index (χ3n) is 5.28. The van der Waals surface area contributed by atoms with Crippen LogP contribution in [0.15, 0.2) is 65.3 Å². The molecule has 1 aliphatic heterocycles. The summed E-state index contributed by atoms with van der Waals surface area (Å²) >= 11 is 0. The van der Waals surface area contributed by atoms with Gasteiger partial charge in [0.05, 0.1) is 41.7 Å². The third kappa shape index (κ3) is 5.33. The minimum atomic E-state index is -0.827. The van der Waals surface area contributed by atoms with Gasteiger partial charge in [0.1, 0.15) is 5.76 Å². The van der Waals surface area contributed by atoms with Crippen molar-refractivity contribution in [3.05, 3.63) is 88.9 Å². The Labute approximate surface area is 205 Å². The molecule has 3 amide bonds. The first-order valence-corrected chi connectivity index (χ1v) is 11.1. The summed E-state index contributed by atoms with van der Waals surface area (Å²) in [7, 11) is 0. The molecule has 2 heterocycles. The van der Waals surface area contributed by atoms with Gasteiger partial charge in [-0.1, -0.05) is 6.92 Å². The van der Waals surface area contributed by atoms with Crippen molar-refractivity contribution in [1.29, 1.82) is 0 Å². The number of hydrogen-bond acceptors (Lipinski definition) is 8. The normalized spacial score (nSPS) is 12.3. The van der Waals surface area contributed by atoms with Gasteiger partial charge in [-0.2, -0.15) is 0 Å². The number of furan rings is 1. The number of anilines is 1. The molecule has 0 spiro atoms. The molecule has 184 valence electrons. The topological polar surface area (TPSA) is 132 Å². The lowest BCUT2D eigenvalue weighted by molar-refractivity contribution is -0.119. The van der Waals surface area contributed by atoms with Crippen LogP contribution in [0.3, 0.4) is 0 Å². The van der Waals surface area contributed by atoms with Crippen LogP contribution in [0, 0.1) is 0 Å². The van der Waals surface area contributed by atoms with E-state index in [9.17, 15) is 24.0 Å². The van der Waals surface area contributed by atoms with E-state index in [-0.39, 0.29) is 23.2 Å². The Morgan fingerprint density at radius 1 is 0.889 bits per heavy atom. The summed E-state index contributed by atoms with van der Waals surface area (Å²) in [5.41, 5.74) is 1.02. The fourth-order valence-corrected chi connectivity index (χ4v) is 3.50. The maximum absolute atomic E-state index is 12.7. The smallest absolute Gasteiger partial charge is 0.338 e. The Morgan fingerprint density at radius 3 is 2.28 bits per heavy atom. The standard InChI is InChI=1S/C26H22N2O8/c1-2-11-35-25(32)16-5-8-18(9-6-16)27-22(29)15-36-26(33)17-7-10-20-21(13-17)24(31)28(23(20)30)14-19-4-3-12-34-19/h3-10,12-13H,2,11,14-15H2,1H3,(H,27,29). The van der Waals surface area contributed by atoms with Crippen molar-refractivity contribution in [1.82, 2.24) is 4.90 Å². The lowest BCUT2D eigenvalue weighted by Gasteiger charge is -2.11. The van der Waals surface area contributed by atoms with Gasteiger partial charge < -0.3 is 19.2 Å². The molecule has 0 radical (unpaired) electrons. The number of nitrogens with zero attached hydrogens (tertiary/aromatic N) is 1. The lowest BCUT2D eigenvalue weighted by Crippen LogP contribution is -2.28. The minimum absolute atomic E-state index is 0.0255. The highest BCUT2D eigenvalue weighted by Crippen LogP contribution is 2.26. The van der Waals surface area contributed by atoms with Crippen molar-refractivity contribution in [2.75, 3.05) is 18.5 Å². The highest BCUT2D eigenvalue weighted by Gasteiger charge is 2.36. The van der Waals surface area contributed by atoms with E-state index in [4.69, 9.17) is 13.9 Å². The largest absolute Gasteiger partial charge is 0.467 e. The van der Waals surface area contributed by atoms with Crippen molar-refractivity contribution in [3.63, 3.8) is 0 Å². The van der Waals surface area contributed by atoms with E-state index in [1.54, 1.807) is 12.1 Å². The Kier molecular flexibility index (Phi) is 7.24. The molecule has 3 aromatic rings. The van der Waals surface area contributed by atoms with Crippen LogP contribution >= 0.6 is 0 Å². The fourth-order valence-electron chi connectivity index (χ4n) is 3.50. The molecule has 36 heavy (non-hydrogen) atoms. The predicted octanol–water partition coefficient (Wildman–Crippen LogP) is 3.44. The fraction of sp³-hybridized carbons (Fsp3) is 0.192. The van der Waals surface area contributed by atoms with E-state index in [1.165, 1.54) is 48.7 Å². The summed E-state index contributed by atoms with van der Waals surface area (Å²) in [5.74, 6) is -2.48. The molecule has 0 aliphatic carbocycles. The Bertz CT molecular complexity index is 1310. The quantitative estimate of drug-likeness (QED) is 0.356. The van der Waals surface area contributed by atoms with Crippen LogP contribution in [0.5, 0.6) is 0 Å². The Balaban J connectivity index is 1.32. The first-order valence-electron chi connectivity index (χ1n) is 11.1.